The summed E-state index contributed by atoms with van der Waals surface area (Å²) in [6, 6.07) is 0. The molecule has 0 radical (unpaired) electrons. The average Bonchev–Trinajstić information content (AvgIpc) is 3.39. The predicted molar refractivity (Wildman–Crippen MR) is 316 cm³/mol. The molecule has 73 heavy (non-hydrogen) atoms. The standard InChI is InChI=1S/C67H112O6/c1-4-7-10-13-16-19-22-25-28-30-31-32-33-34-35-36-37-38-40-42-45-48-51-54-57-60-66(69)72-63-64(62-71-65(68)59-56-53-50-47-44-41-27-24-21-18-15-12-9-6-3)73-67(70)61-58-55-52-49-46-43-39-29-26-23-20-17-14-11-8-5-2/h7,10,15-16,18-19,24-25,27-29,31-32,34-35,37-39,64H,4-6,8-9,11-14,17,20-23,26,30,33,36,40-63H2,1-3H3/b10-7-,18-15-,19-16-,27-24-,28-25-,32-31-,35-34-,38-37-,39-29-. The Morgan fingerprint density at radius 2 is 0.548 bits per heavy atom. The molecule has 0 aliphatic rings. The monoisotopic (exact) mass is 1010 g/mol. The van der Waals surface area contributed by atoms with Gasteiger partial charge in [-0.05, 0) is 122 Å². The Kier molecular flexibility index (Phi) is 57.4. The molecule has 0 N–H and O–H groups in total. The number of allylic oxidation sites excluding steroid dienone is 18. The first-order chi connectivity index (χ1) is 36.0. The van der Waals surface area contributed by atoms with Crippen LogP contribution in [0.15, 0.2) is 109 Å². The van der Waals surface area contributed by atoms with Crippen molar-refractivity contribution in [2.45, 2.75) is 284 Å². The van der Waals surface area contributed by atoms with Crippen LogP contribution in [0.2, 0.25) is 0 Å². The zero-order valence-electron chi connectivity index (χ0n) is 47.6. The third kappa shape index (κ3) is 58.8. The molecule has 416 valence electrons. The second-order valence-electron chi connectivity index (χ2n) is 19.9. The molecule has 0 aromatic rings. The van der Waals surface area contributed by atoms with E-state index in [0.29, 0.717) is 19.3 Å². The van der Waals surface area contributed by atoms with Crippen molar-refractivity contribution in [2.24, 2.45) is 0 Å². The maximum atomic E-state index is 12.9. The number of carbonyl (C=O) groups excluding carboxylic acids is 3. The normalized spacial score (nSPS) is 12.9. The van der Waals surface area contributed by atoms with Crippen LogP contribution < -0.4 is 0 Å². The van der Waals surface area contributed by atoms with Crippen molar-refractivity contribution in [3.63, 3.8) is 0 Å². The lowest BCUT2D eigenvalue weighted by Gasteiger charge is -2.18. The van der Waals surface area contributed by atoms with Crippen molar-refractivity contribution in [3.8, 4) is 0 Å². The fourth-order valence-corrected chi connectivity index (χ4v) is 8.16. The van der Waals surface area contributed by atoms with Gasteiger partial charge in [-0.1, -0.05) is 246 Å². The van der Waals surface area contributed by atoms with Crippen molar-refractivity contribution in [1.82, 2.24) is 0 Å². The molecule has 0 saturated carbocycles. The first kappa shape index (κ1) is 69.1. The van der Waals surface area contributed by atoms with E-state index in [4.69, 9.17) is 14.2 Å². The summed E-state index contributed by atoms with van der Waals surface area (Å²) in [6.45, 7) is 6.46. The molecule has 0 fully saturated rings. The number of ether oxygens (including phenoxy) is 3. The largest absolute Gasteiger partial charge is 0.462 e. The number of esters is 3. The topological polar surface area (TPSA) is 78.9 Å². The van der Waals surface area contributed by atoms with Crippen LogP contribution in [0.5, 0.6) is 0 Å². The van der Waals surface area contributed by atoms with Crippen molar-refractivity contribution in [3.05, 3.63) is 109 Å². The van der Waals surface area contributed by atoms with Crippen molar-refractivity contribution in [1.29, 1.82) is 0 Å². The van der Waals surface area contributed by atoms with Crippen LogP contribution in [-0.2, 0) is 28.6 Å². The average molecular weight is 1010 g/mol. The molecule has 0 rings (SSSR count). The fraction of sp³-hybridized carbons (Fsp3) is 0.687. The van der Waals surface area contributed by atoms with Crippen LogP contribution in [0.3, 0.4) is 0 Å². The maximum absolute atomic E-state index is 12.9. The van der Waals surface area contributed by atoms with Gasteiger partial charge in [0.25, 0.3) is 0 Å². The smallest absolute Gasteiger partial charge is 0.306 e. The van der Waals surface area contributed by atoms with Crippen molar-refractivity contribution >= 4 is 17.9 Å². The maximum Gasteiger partial charge on any atom is 0.306 e. The van der Waals surface area contributed by atoms with Gasteiger partial charge < -0.3 is 14.2 Å². The van der Waals surface area contributed by atoms with Crippen LogP contribution in [0.25, 0.3) is 0 Å². The number of rotatable bonds is 54. The molecule has 0 aromatic heterocycles. The Hall–Kier alpha value is -3.93. The lowest BCUT2D eigenvalue weighted by molar-refractivity contribution is -0.167. The van der Waals surface area contributed by atoms with Gasteiger partial charge in [-0.2, -0.15) is 0 Å². The van der Waals surface area contributed by atoms with Crippen molar-refractivity contribution in [2.75, 3.05) is 13.2 Å². The van der Waals surface area contributed by atoms with Gasteiger partial charge in [0.15, 0.2) is 6.10 Å². The Balaban J connectivity index is 4.40. The summed E-state index contributed by atoms with van der Waals surface area (Å²) in [5.41, 5.74) is 0. The first-order valence-corrected chi connectivity index (χ1v) is 30.4. The molecule has 0 aliphatic heterocycles. The van der Waals surface area contributed by atoms with E-state index in [-0.39, 0.29) is 31.1 Å². The lowest BCUT2D eigenvalue weighted by Crippen LogP contribution is -2.30. The third-order valence-corrected chi connectivity index (χ3v) is 12.7. The summed E-state index contributed by atoms with van der Waals surface area (Å²) in [4.78, 5) is 38.2. The Morgan fingerprint density at radius 3 is 0.890 bits per heavy atom. The molecule has 1 atom stereocenters. The minimum atomic E-state index is -0.797. The van der Waals surface area contributed by atoms with E-state index in [1.807, 2.05) is 0 Å². The molecule has 0 aliphatic carbocycles. The van der Waals surface area contributed by atoms with Gasteiger partial charge in [-0.25, -0.2) is 0 Å². The second-order valence-corrected chi connectivity index (χ2v) is 19.9. The summed E-state index contributed by atoms with van der Waals surface area (Å²) in [5, 5.41) is 0. The summed E-state index contributed by atoms with van der Waals surface area (Å²) in [7, 11) is 0. The van der Waals surface area contributed by atoms with Gasteiger partial charge in [-0.3, -0.25) is 14.4 Å². The van der Waals surface area contributed by atoms with Gasteiger partial charge in [0.2, 0.25) is 0 Å². The zero-order chi connectivity index (χ0) is 52.9. The third-order valence-electron chi connectivity index (χ3n) is 12.7. The molecule has 0 saturated heterocycles. The molecule has 0 spiro atoms. The number of unbranched alkanes of at least 4 members (excludes halogenated alkanes) is 25. The van der Waals surface area contributed by atoms with E-state index in [2.05, 4.69) is 130 Å². The fourth-order valence-electron chi connectivity index (χ4n) is 8.16. The molecule has 0 amide bonds. The molecule has 6 nitrogen and oxygen atoms in total. The summed E-state index contributed by atoms with van der Waals surface area (Å²) >= 11 is 0. The van der Waals surface area contributed by atoms with Gasteiger partial charge in [-0.15, -0.1) is 0 Å². The highest BCUT2D eigenvalue weighted by molar-refractivity contribution is 5.71. The minimum Gasteiger partial charge on any atom is -0.462 e. The van der Waals surface area contributed by atoms with Gasteiger partial charge >= 0.3 is 17.9 Å². The van der Waals surface area contributed by atoms with Crippen molar-refractivity contribution < 1.29 is 28.6 Å². The molecule has 1 unspecified atom stereocenters. The van der Waals surface area contributed by atoms with Crippen LogP contribution in [0, 0.1) is 0 Å². The quantitative estimate of drug-likeness (QED) is 0.0261. The van der Waals surface area contributed by atoms with E-state index in [1.165, 1.54) is 89.9 Å². The van der Waals surface area contributed by atoms with Crippen LogP contribution >= 0.6 is 0 Å². The van der Waals surface area contributed by atoms with E-state index in [0.717, 1.165) is 148 Å². The Morgan fingerprint density at radius 1 is 0.288 bits per heavy atom. The highest BCUT2D eigenvalue weighted by atomic mass is 16.6. The first-order valence-electron chi connectivity index (χ1n) is 30.4. The Bertz CT molecular complexity index is 1490. The molecule has 0 bridgehead atoms. The van der Waals surface area contributed by atoms with Gasteiger partial charge in [0, 0.05) is 19.3 Å². The summed E-state index contributed by atoms with van der Waals surface area (Å²) in [5.74, 6) is -0.927. The van der Waals surface area contributed by atoms with E-state index >= 15 is 0 Å². The zero-order valence-corrected chi connectivity index (χ0v) is 47.6. The van der Waals surface area contributed by atoms with E-state index in [9.17, 15) is 14.4 Å². The molecule has 0 heterocycles. The highest BCUT2D eigenvalue weighted by Gasteiger charge is 2.19. The van der Waals surface area contributed by atoms with E-state index < -0.39 is 6.10 Å². The Labute approximate surface area is 450 Å². The molecular weight excluding hydrogens is 901 g/mol. The predicted octanol–water partition coefficient (Wildman–Crippen LogP) is 20.7. The highest BCUT2D eigenvalue weighted by Crippen LogP contribution is 2.14. The number of hydrogen-bond donors (Lipinski definition) is 0. The SMILES string of the molecule is CC/C=C\C/C=C\C/C=C\C/C=C\C/C=C\C/C=C\CCCCCCCCC(=O)OCC(COC(=O)CCCCCCC/C=C\C/C=C\CCCC)OC(=O)CCCCCCC/C=C\CCCCCCCCC. The number of hydrogen-bond acceptors (Lipinski definition) is 6. The van der Waals surface area contributed by atoms with Gasteiger partial charge in [0.05, 0.1) is 0 Å². The van der Waals surface area contributed by atoms with E-state index in [1.54, 1.807) is 0 Å². The summed E-state index contributed by atoms with van der Waals surface area (Å²) in [6.07, 6.45) is 82.2. The van der Waals surface area contributed by atoms with Gasteiger partial charge in [0.1, 0.15) is 13.2 Å². The van der Waals surface area contributed by atoms with Crippen LogP contribution in [0.4, 0.5) is 0 Å². The molecular formula is C67H112O6. The van der Waals surface area contributed by atoms with Crippen LogP contribution in [0.1, 0.15) is 278 Å². The number of carbonyl (C=O) groups is 3. The minimum absolute atomic E-state index is 0.0942. The molecule has 6 heteroatoms. The molecule has 0 aromatic carbocycles. The summed E-state index contributed by atoms with van der Waals surface area (Å²) < 4.78 is 16.9. The second kappa shape index (κ2) is 60.6. The lowest BCUT2D eigenvalue weighted by atomic mass is 10.1. The van der Waals surface area contributed by atoms with Crippen LogP contribution in [-0.4, -0.2) is 37.2 Å².